The number of rotatable bonds is 4. The largest absolute Gasteiger partial charge is 0.369 e. The number of piperidine rings is 1. The summed E-state index contributed by atoms with van der Waals surface area (Å²) in [4.78, 5) is 25.7. The van der Waals surface area contributed by atoms with Gasteiger partial charge in [0.1, 0.15) is 5.78 Å². The third kappa shape index (κ3) is 3.07. The average Bonchev–Trinajstić information content (AvgIpc) is 2.41. The molecule has 3 unspecified atom stereocenters. The van der Waals surface area contributed by atoms with Gasteiger partial charge < -0.3 is 5.73 Å². The normalized spacial score (nSPS) is 27.2. The maximum atomic E-state index is 11.7. The van der Waals surface area contributed by atoms with Gasteiger partial charge in [-0.15, -0.1) is 0 Å². The van der Waals surface area contributed by atoms with Gasteiger partial charge in [0.25, 0.3) is 0 Å². The highest BCUT2D eigenvalue weighted by Gasteiger charge is 2.40. The van der Waals surface area contributed by atoms with Crippen molar-refractivity contribution in [1.29, 1.82) is 0 Å². The van der Waals surface area contributed by atoms with E-state index in [1.54, 1.807) is 6.92 Å². The summed E-state index contributed by atoms with van der Waals surface area (Å²) in [6.07, 6.45) is 0.708. The molecule has 0 spiro atoms. The summed E-state index contributed by atoms with van der Waals surface area (Å²) in [5.41, 5.74) is 6.74. The molecule has 108 valence electrons. The van der Waals surface area contributed by atoms with E-state index in [0.29, 0.717) is 6.42 Å². The lowest BCUT2D eigenvalue weighted by atomic mass is 9.77. The number of nitrogens with zero attached hydrogens (tertiary/aromatic N) is 1. The zero-order valence-corrected chi connectivity index (χ0v) is 12.1. The fraction of sp³-hybridized carbons (Fsp3) is 0.500. The molecule has 3 atom stereocenters. The van der Waals surface area contributed by atoms with Crippen LogP contribution in [0.2, 0.25) is 0 Å². The second-order valence-corrected chi connectivity index (χ2v) is 5.63. The summed E-state index contributed by atoms with van der Waals surface area (Å²) >= 11 is 0. The van der Waals surface area contributed by atoms with E-state index in [0.717, 1.165) is 13.1 Å². The highest BCUT2D eigenvalue weighted by Crippen LogP contribution is 2.30. The lowest BCUT2D eigenvalue weighted by Gasteiger charge is -2.41. The summed E-state index contributed by atoms with van der Waals surface area (Å²) in [6.45, 7) is 5.16. The van der Waals surface area contributed by atoms with Gasteiger partial charge >= 0.3 is 0 Å². The van der Waals surface area contributed by atoms with Crippen molar-refractivity contribution in [3.63, 3.8) is 0 Å². The number of benzene rings is 1. The lowest BCUT2D eigenvalue weighted by molar-refractivity contribution is -0.136. The highest BCUT2D eigenvalue weighted by atomic mass is 16.1. The molecule has 1 amide bonds. The van der Waals surface area contributed by atoms with Crippen molar-refractivity contribution in [3.05, 3.63) is 35.9 Å². The molecule has 1 aliphatic heterocycles. The van der Waals surface area contributed by atoms with Crippen molar-refractivity contribution < 1.29 is 9.59 Å². The third-order valence-corrected chi connectivity index (χ3v) is 4.34. The standard InChI is InChI=1S/C16H22N2O2/c1-11-15(16(17)20)14(12(2)19)8-9-18(11)10-13-6-4-3-5-7-13/h3-7,11,14-15H,8-10H2,1-2H3,(H2,17,20). The summed E-state index contributed by atoms with van der Waals surface area (Å²) in [5, 5.41) is 0. The zero-order valence-electron chi connectivity index (χ0n) is 12.1. The van der Waals surface area contributed by atoms with E-state index in [-0.39, 0.29) is 29.6 Å². The van der Waals surface area contributed by atoms with Crippen LogP contribution in [0.3, 0.4) is 0 Å². The second-order valence-electron chi connectivity index (χ2n) is 5.63. The molecule has 4 heteroatoms. The Bertz CT molecular complexity index is 487. The number of Topliss-reactive ketones (excluding diaryl/α,β-unsaturated/α-hetero) is 1. The van der Waals surface area contributed by atoms with Gasteiger partial charge in [-0.1, -0.05) is 30.3 Å². The van der Waals surface area contributed by atoms with Crippen LogP contribution in [0.5, 0.6) is 0 Å². The minimum Gasteiger partial charge on any atom is -0.369 e. The minimum absolute atomic E-state index is 0.00430. The quantitative estimate of drug-likeness (QED) is 0.907. The van der Waals surface area contributed by atoms with Crippen LogP contribution in [0, 0.1) is 11.8 Å². The highest BCUT2D eigenvalue weighted by molar-refractivity contribution is 5.87. The predicted molar refractivity (Wildman–Crippen MR) is 77.8 cm³/mol. The van der Waals surface area contributed by atoms with Crippen LogP contribution in [0.15, 0.2) is 30.3 Å². The number of nitrogens with two attached hydrogens (primary N) is 1. The monoisotopic (exact) mass is 274 g/mol. The molecule has 2 rings (SSSR count). The summed E-state index contributed by atoms with van der Waals surface area (Å²) in [7, 11) is 0. The van der Waals surface area contributed by atoms with Gasteiger partial charge in [0.05, 0.1) is 5.92 Å². The van der Waals surface area contributed by atoms with Crippen molar-refractivity contribution >= 4 is 11.7 Å². The maximum absolute atomic E-state index is 11.7. The molecule has 2 N–H and O–H groups in total. The summed E-state index contributed by atoms with van der Waals surface area (Å²) in [6, 6.07) is 10.1. The topological polar surface area (TPSA) is 63.4 Å². The van der Waals surface area contributed by atoms with E-state index in [1.807, 2.05) is 25.1 Å². The van der Waals surface area contributed by atoms with Gasteiger partial charge in [0, 0.05) is 18.5 Å². The van der Waals surface area contributed by atoms with E-state index in [9.17, 15) is 9.59 Å². The predicted octanol–water partition coefficient (Wildman–Crippen LogP) is 1.59. The van der Waals surface area contributed by atoms with Crippen LogP contribution in [0.1, 0.15) is 25.8 Å². The fourth-order valence-electron chi connectivity index (χ4n) is 3.18. The Kier molecular flexibility index (Phi) is 4.55. The van der Waals surface area contributed by atoms with Crippen molar-refractivity contribution in [2.24, 2.45) is 17.6 Å². The van der Waals surface area contributed by atoms with E-state index in [2.05, 4.69) is 17.0 Å². The number of carbonyl (C=O) groups is 2. The van der Waals surface area contributed by atoms with Gasteiger partial charge in [-0.2, -0.15) is 0 Å². The molecule has 20 heavy (non-hydrogen) atoms. The molecular formula is C16H22N2O2. The minimum atomic E-state index is -0.384. The molecule has 1 saturated heterocycles. The Morgan fingerprint density at radius 1 is 1.30 bits per heavy atom. The number of primary amides is 1. The van der Waals surface area contributed by atoms with Crippen LogP contribution >= 0.6 is 0 Å². The molecule has 0 saturated carbocycles. The molecule has 0 radical (unpaired) electrons. The van der Waals surface area contributed by atoms with Gasteiger partial charge in [0.15, 0.2) is 0 Å². The molecule has 4 nitrogen and oxygen atoms in total. The van der Waals surface area contributed by atoms with E-state index < -0.39 is 0 Å². The molecule has 0 aliphatic carbocycles. The average molecular weight is 274 g/mol. The first-order chi connectivity index (χ1) is 9.50. The first kappa shape index (κ1) is 14.7. The Balaban J connectivity index is 2.14. The Morgan fingerprint density at radius 3 is 2.50 bits per heavy atom. The van der Waals surface area contributed by atoms with Crippen molar-refractivity contribution in [3.8, 4) is 0 Å². The molecule has 1 aromatic carbocycles. The first-order valence-corrected chi connectivity index (χ1v) is 7.08. The van der Waals surface area contributed by atoms with Gasteiger partial charge in [-0.3, -0.25) is 14.5 Å². The molecule has 1 heterocycles. The van der Waals surface area contributed by atoms with Crippen molar-refractivity contribution in [2.45, 2.75) is 32.9 Å². The van der Waals surface area contributed by atoms with Crippen LogP contribution in [0.4, 0.5) is 0 Å². The zero-order chi connectivity index (χ0) is 14.7. The summed E-state index contributed by atoms with van der Waals surface area (Å²) < 4.78 is 0. The van der Waals surface area contributed by atoms with Crippen LogP contribution in [-0.4, -0.2) is 29.2 Å². The number of amides is 1. The number of carbonyl (C=O) groups excluding carboxylic acids is 2. The number of hydrogen-bond acceptors (Lipinski definition) is 3. The van der Waals surface area contributed by atoms with Crippen LogP contribution < -0.4 is 5.73 Å². The first-order valence-electron chi connectivity index (χ1n) is 7.08. The van der Waals surface area contributed by atoms with Gasteiger partial charge in [0.2, 0.25) is 5.91 Å². The number of ketones is 1. The molecule has 0 aromatic heterocycles. The van der Waals surface area contributed by atoms with Crippen LogP contribution in [-0.2, 0) is 16.1 Å². The Labute approximate surface area is 119 Å². The van der Waals surface area contributed by atoms with Crippen molar-refractivity contribution in [1.82, 2.24) is 4.90 Å². The molecular weight excluding hydrogens is 252 g/mol. The Hall–Kier alpha value is -1.68. The van der Waals surface area contributed by atoms with Gasteiger partial charge in [-0.05, 0) is 32.4 Å². The van der Waals surface area contributed by atoms with E-state index in [4.69, 9.17) is 5.73 Å². The molecule has 1 aliphatic rings. The molecule has 0 bridgehead atoms. The third-order valence-electron chi connectivity index (χ3n) is 4.34. The fourth-order valence-corrected chi connectivity index (χ4v) is 3.18. The molecule has 1 fully saturated rings. The van der Waals surface area contributed by atoms with E-state index in [1.165, 1.54) is 5.56 Å². The smallest absolute Gasteiger partial charge is 0.222 e. The molecule has 1 aromatic rings. The number of likely N-dealkylation sites (tertiary alicyclic amines) is 1. The Morgan fingerprint density at radius 2 is 1.95 bits per heavy atom. The second kappa shape index (κ2) is 6.18. The van der Waals surface area contributed by atoms with E-state index >= 15 is 0 Å². The SMILES string of the molecule is CC(=O)C1CCN(Cc2ccccc2)C(C)C1C(N)=O. The summed E-state index contributed by atoms with van der Waals surface area (Å²) in [5.74, 6) is -0.907. The van der Waals surface area contributed by atoms with Crippen LogP contribution in [0.25, 0.3) is 0 Å². The van der Waals surface area contributed by atoms with Crippen molar-refractivity contribution in [2.75, 3.05) is 6.54 Å². The lowest BCUT2D eigenvalue weighted by Crippen LogP contribution is -2.53. The number of hydrogen-bond donors (Lipinski definition) is 1. The maximum Gasteiger partial charge on any atom is 0.222 e. The van der Waals surface area contributed by atoms with Gasteiger partial charge in [-0.25, -0.2) is 0 Å².